The molecule has 0 saturated heterocycles. The summed E-state index contributed by atoms with van der Waals surface area (Å²) in [6.07, 6.45) is 2.83. The highest BCUT2D eigenvalue weighted by Crippen LogP contribution is 2.28. The first kappa shape index (κ1) is 17.0. The van der Waals surface area contributed by atoms with Crippen LogP contribution >= 0.6 is 0 Å². The summed E-state index contributed by atoms with van der Waals surface area (Å²) in [4.78, 5) is 12.0. The highest BCUT2D eigenvalue weighted by molar-refractivity contribution is 5.97. The fourth-order valence-electron chi connectivity index (χ4n) is 1.90. The number of carbonyl (C=O) groups is 1. The minimum Gasteiger partial charge on any atom is -0.497 e. The maximum atomic E-state index is 12.0. The van der Waals surface area contributed by atoms with Crippen LogP contribution in [0.1, 0.15) is 5.76 Å². The summed E-state index contributed by atoms with van der Waals surface area (Å²) in [7, 11) is 3.07. The van der Waals surface area contributed by atoms with Gasteiger partial charge in [0.05, 0.1) is 32.7 Å². The average molecular weight is 327 g/mol. The molecule has 1 amide bonds. The molecular weight excluding hydrogens is 310 g/mol. The van der Waals surface area contributed by atoms with Gasteiger partial charge in [0, 0.05) is 12.3 Å². The number of nitrogens with zero attached hydrogens (tertiary/aromatic N) is 1. The van der Waals surface area contributed by atoms with Crippen molar-refractivity contribution in [1.29, 1.82) is 5.26 Å². The normalized spacial score (nSPS) is 10.6. The van der Waals surface area contributed by atoms with Crippen molar-refractivity contribution in [2.45, 2.75) is 6.54 Å². The summed E-state index contributed by atoms with van der Waals surface area (Å²) in [5, 5.41) is 14.7. The van der Waals surface area contributed by atoms with Gasteiger partial charge in [-0.2, -0.15) is 5.26 Å². The zero-order chi connectivity index (χ0) is 17.4. The molecule has 1 aromatic carbocycles. The first-order valence-electron chi connectivity index (χ1n) is 7.07. The highest BCUT2D eigenvalue weighted by Gasteiger charge is 2.10. The van der Waals surface area contributed by atoms with Crippen molar-refractivity contribution in [3.05, 3.63) is 54.1 Å². The summed E-state index contributed by atoms with van der Waals surface area (Å²) < 4.78 is 15.5. The zero-order valence-electron chi connectivity index (χ0n) is 13.3. The van der Waals surface area contributed by atoms with Crippen LogP contribution in [-0.4, -0.2) is 20.1 Å². The predicted molar refractivity (Wildman–Crippen MR) is 87.4 cm³/mol. The summed E-state index contributed by atoms with van der Waals surface area (Å²) in [5.74, 6) is 1.26. The van der Waals surface area contributed by atoms with Crippen LogP contribution in [0.5, 0.6) is 11.5 Å². The van der Waals surface area contributed by atoms with E-state index in [0.29, 0.717) is 22.9 Å². The van der Waals surface area contributed by atoms with Gasteiger partial charge in [0.2, 0.25) is 0 Å². The van der Waals surface area contributed by atoms with E-state index in [2.05, 4.69) is 10.6 Å². The van der Waals surface area contributed by atoms with E-state index >= 15 is 0 Å². The summed E-state index contributed by atoms with van der Waals surface area (Å²) in [6, 6.07) is 10.5. The lowest BCUT2D eigenvalue weighted by molar-refractivity contribution is -0.117. The maximum Gasteiger partial charge on any atom is 0.263 e. The first-order valence-corrected chi connectivity index (χ1v) is 7.07. The fraction of sp³-hybridized carbons (Fsp3) is 0.176. The lowest BCUT2D eigenvalue weighted by Gasteiger charge is -2.10. The van der Waals surface area contributed by atoms with E-state index in [1.165, 1.54) is 19.6 Å². The van der Waals surface area contributed by atoms with Gasteiger partial charge in [0.1, 0.15) is 28.9 Å². The monoisotopic (exact) mass is 327 g/mol. The molecule has 24 heavy (non-hydrogen) atoms. The third-order valence-electron chi connectivity index (χ3n) is 3.15. The molecule has 1 aromatic heterocycles. The largest absolute Gasteiger partial charge is 0.497 e. The standard InChI is InChI=1S/C17H17N3O4/c1-22-13-5-6-16(23-2)15(8-13)19-10-12(9-18)17(21)20-11-14-4-3-7-24-14/h3-8,10,19H,11H2,1-2H3,(H,20,21)/b12-10-. The van der Waals surface area contributed by atoms with Gasteiger partial charge in [-0.15, -0.1) is 0 Å². The third-order valence-corrected chi connectivity index (χ3v) is 3.15. The van der Waals surface area contributed by atoms with Crippen molar-refractivity contribution < 1.29 is 18.7 Å². The molecule has 0 aliphatic heterocycles. The number of hydrogen-bond acceptors (Lipinski definition) is 6. The van der Waals surface area contributed by atoms with E-state index in [-0.39, 0.29) is 12.1 Å². The van der Waals surface area contributed by atoms with E-state index in [4.69, 9.17) is 19.2 Å². The van der Waals surface area contributed by atoms with Crippen LogP contribution in [0, 0.1) is 11.3 Å². The number of benzene rings is 1. The minimum absolute atomic E-state index is 0.0774. The van der Waals surface area contributed by atoms with Gasteiger partial charge < -0.3 is 24.5 Å². The van der Waals surface area contributed by atoms with Gasteiger partial charge in [-0.25, -0.2) is 0 Å². The van der Waals surface area contributed by atoms with E-state index in [1.54, 1.807) is 37.4 Å². The van der Waals surface area contributed by atoms with Gasteiger partial charge in [0.15, 0.2) is 0 Å². The molecule has 2 N–H and O–H groups in total. The molecule has 7 nitrogen and oxygen atoms in total. The molecule has 124 valence electrons. The quantitative estimate of drug-likeness (QED) is 0.599. The van der Waals surface area contributed by atoms with Crippen LogP contribution in [0.15, 0.2) is 52.8 Å². The molecule has 0 atom stereocenters. The Morgan fingerprint density at radius 2 is 2.17 bits per heavy atom. The number of nitrogens with one attached hydrogen (secondary N) is 2. The molecule has 0 fully saturated rings. The van der Waals surface area contributed by atoms with Gasteiger partial charge in [-0.1, -0.05) is 0 Å². The van der Waals surface area contributed by atoms with Crippen molar-refractivity contribution in [2.75, 3.05) is 19.5 Å². The Kier molecular flexibility index (Phi) is 5.86. The molecule has 2 aromatic rings. The number of ether oxygens (including phenoxy) is 2. The molecule has 2 rings (SSSR count). The molecule has 0 saturated carbocycles. The molecule has 0 radical (unpaired) electrons. The van der Waals surface area contributed by atoms with E-state index in [9.17, 15) is 4.79 Å². The molecule has 0 aliphatic carbocycles. The van der Waals surface area contributed by atoms with Crippen molar-refractivity contribution in [3.63, 3.8) is 0 Å². The molecule has 0 aliphatic rings. The SMILES string of the molecule is COc1ccc(OC)c(N/C=C(/C#N)C(=O)NCc2ccco2)c1. The fourth-order valence-corrected chi connectivity index (χ4v) is 1.90. The Labute approximate surface area is 139 Å². The summed E-state index contributed by atoms with van der Waals surface area (Å²) in [6.45, 7) is 0.202. The Balaban J connectivity index is 2.07. The molecule has 0 unspecified atom stereocenters. The van der Waals surface area contributed by atoms with E-state index < -0.39 is 5.91 Å². The third kappa shape index (κ3) is 4.30. The Hall–Kier alpha value is -3.40. The van der Waals surface area contributed by atoms with Crippen molar-refractivity contribution >= 4 is 11.6 Å². The van der Waals surface area contributed by atoms with Crippen molar-refractivity contribution in [3.8, 4) is 17.6 Å². The number of rotatable bonds is 7. The number of amides is 1. The second-order valence-electron chi connectivity index (χ2n) is 4.64. The Morgan fingerprint density at radius 3 is 2.79 bits per heavy atom. The number of furan rings is 1. The van der Waals surface area contributed by atoms with E-state index in [1.807, 2.05) is 6.07 Å². The Bertz CT molecular complexity index is 761. The molecule has 1 heterocycles. The first-order chi connectivity index (χ1) is 11.7. The summed E-state index contributed by atoms with van der Waals surface area (Å²) in [5.41, 5.74) is 0.495. The predicted octanol–water partition coefficient (Wildman–Crippen LogP) is 2.43. The number of anilines is 1. The van der Waals surface area contributed by atoms with Gasteiger partial charge in [-0.05, 0) is 24.3 Å². The van der Waals surface area contributed by atoms with Crippen LogP contribution in [0.2, 0.25) is 0 Å². The van der Waals surface area contributed by atoms with Crippen LogP contribution in [0.25, 0.3) is 0 Å². The summed E-state index contributed by atoms with van der Waals surface area (Å²) >= 11 is 0. The lowest BCUT2D eigenvalue weighted by Crippen LogP contribution is -2.24. The topological polar surface area (TPSA) is 96.5 Å². The van der Waals surface area contributed by atoms with Gasteiger partial charge in [0.25, 0.3) is 5.91 Å². The molecule has 0 bridgehead atoms. The minimum atomic E-state index is -0.511. The number of nitriles is 1. The van der Waals surface area contributed by atoms with Gasteiger partial charge >= 0.3 is 0 Å². The second-order valence-corrected chi connectivity index (χ2v) is 4.64. The second kappa shape index (κ2) is 8.29. The smallest absolute Gasteiger partial charge is 0.263 e. The van der Waals surface area contributed by atoms with Crippen molar-refractivity contribution in [2.24, 2.45) is 0 Å². The number of methoxy groups -OCH3 is 2. The van der Waals surface area contributed by atoms with Crippen molar-refractivity contribution in [1.82, 2.24) is 5.32 Å². The van der Waals surface area contributed by atoms with Gasteiger partial charge in [-0.3, -0.25) is 4.79 Å². The Morgan fingerprint density at radius 1 is 1.33 bits per heavy atom. The van der Waals surface area contributed by atoms with E-state index in [0.717, 1.165) is 0 Å². The zero-order valence-corrected chi connectivity index (χ0v) is 13.3. The molecule has 7 heteroatoms. The number of hydrogen-bond donors (Lipinski definition) is 2. The average Bonchev–Trinajstić information content (AvgIpc) is 3.13. The molecule has 0 spiro atoms. The van der Waals surface area contributed by atoms with Crippen LogP contribution in [0.3, 0.4) is 0 Å². The highest BCUT2D eigenvalue weighted by atomic mass is 16.5. The van der Waals surface area contributed by atoms with Crippen LogP contribution in [0.4, 0.5) is 5.69 Å². The maximum absolute atomic E-state index is 12.0. The number of carbonyl (C=O) groups excluding carboxylic acids is 1. The lowest BCUT2D eigenvalue weighted by atomic mass is 10.2. The van der Waals surface area contributed by atoms with Crippen LogP contribution in [-0.2, 0) is 11.3 Å². The molecular formula is C17H17N3O4. The van der Waals surface area contributed by atoms with Crippen LogP contribution < -0.4 is 20.1 Å².